The first-order chi connectivity index (χ1) is 12.6. The van der Waals surface area contributed by atoms with Crippen LogP contribution in [0.5, 0.6) is 0 Å². The third-order valence-electron chi connectivity index (χ3n) is 4.44. The highest BCUT2D eigenvalue weighted by Gasteiger charge is 2.31. The molecule has 0 fully saturated rings. The zero-order valence-corrected chi connectivity index (χ0v) is 18.0. The van der Waals surface area contributed by atoms with Crippen molar-refractivity contribution in [2.75, 3.05) is 13.6 Å². The molecule has 0 saturated heterocycles. The fourth-order valence-corrected chi connectivity index (χ4v) is 2.72. The Hall–Kier alpha value is -2.04. The Morgan fingerprint density at radius 2 is 1.74 bits per heavy atom. The number of amides is 2. The lowest BCUT2D eigenvalue weighted by Gasteiger charge is -2.30. The number of likely N-dealkylation sites (N-methyl/N-ethyl adjacent to an activating group) is 1. The van der Waals surface area contributed by atoms with Gasteiger partial charge in [0.15, 0.2) is 0 Å². The lowest BCUT2D eigenvalue weighted by molar-refractivity contribution is -0.126. The maximum atomic E-state index is 12.8. The molecule has 27 heavy (non-hydrogen) atoms. The molecule has 0 spiro atoms. The van der Waals surface area contributed by atoms with Crippen LogP contribution < -0.4 is 5.32 Å². The molecule has 0 aromatic heterocycles. The molecular formula is C22H36N2O3. The minimum absolute atomic E-state index is 0.195. The Balaban J connectivity index is 3.07. The molecule has 0 saturated carbocycles. The van der Waals surface area contributed by atoms with Crippen molar-refractivity contribution in [2.45, 2.75) is 72.4 Å². The predicted molar refractivity (Wildman–Crippen MR) is 110 cm³/mol. The molecular weight excluding hydrogens is 340 g/mol. The van der Waals surface area contributed by atoms with Crippen LogP contribution in [0.4, 0.5) is 4.79 Å². The molecule has 0 radical (unpaired) electrons. The van der Waals surface area contributed by atoms with Crippen LogP contribution in [-0.2, 0) is 16.0 Å². The van der Waals surface area contributed by atoms with Gasteiger partial charge >= 0.3 is 6.09 Å². The molecule has 5 nitrogen and oxygen atoms in total. The summed E-state index contributed by atoms with van der Waals surface area (Å²) in [6.45, 7) is 12.4. The van der Waals surface area contributed by atoms with E-state index in [0.717, 1.165) is 24.8 Å². The Bertz CT molecular complexity index is 605. The second-order valence-electron chi connectivity index (χ2n) is 8.24. The van der Waals surface area contributed by atoms with E-state index in [9.17, 15) is 9.59 Å². The standard InChI is InChI=1S/C22H36N2O3/c1-8-14-23-20(25)19(24(7)21(26)27-22(4,5)6)18-12-10-17(11-13-18)15-16(3)9-2/h10-13,16,19H,8-9,14-15H2,1-7H3,(H,23,25). The molecule has 0 aliphatic heterocycles. The van der Waals surface area contributed by atoms with E-state index in [-0.39, 0.29) is 5.91 Å². The quantitative estimate of drug-likeness (QED) is 0.715. The zero-order valence-electron chi connectivity index (χ0n) is 18.0. The second-order valence-corrected chi connectivity index (χ2v) is 8.24. The molecule has 0 aliphatic carbocycles. The molecule has 1 aromatic carbocycles. The van der Waals surface area contributed by atoms with Crippen LogP contribution in [0.3, 0.4) is 0 Å². The van der Waals surface area contributed by atoms with Gasteiger partial charge in [0.1, 0.15) is 11.6 Å². The molecule has 152 valence electrons. The van der Waals surface area contributed by atoms with Gasteiger partial charge in [-0.1, -0.05) is 51.5 Å². The number of carbonyl (C=O) groups excluding carboxylic acids is 2. The third-order valence-corrected chi connectivity index (χ3v) is 4.44. The van der Waals surface area contributed by atoms with Crippen molar-refractivity contribution in [3.63, 3.8) is 0 Å². The molecule has 0 heterocycles. The summed E-state index contributed by atoms with van der Waals surface area (Å²) in [5.74, 6) is 0.420. The minimum Gasteiger partial charge on any atom is -0.444 e. The molecule has 1 N–H and O–H groups in total. The highest BCUT2D eigenvalue weighted by Crippen LogP contribution is 2.24. The van der Waals surface area contributed by atoms with Crippen molar-refractivity contribution < 1.29 is 14.3 Å². The van der Waals surface area contributed by atoms with Crippen molar-refractivity contribution in [2.24, 2.45) is 5.92 Å². The van der Waals surface area contributed by atoms with Gasteiger partial charge in [-0.15, -0.1) is 0 Å². The Morgan fingerprint density at radius 1 is 1.15 bits per heavy atom. The van der Waals surface area contributed by atoms with Gasteiger partial charge in [0.25, 0.3) is 0 Å². The average molecular weight is 377 g/mol. The van der Waals surface area contributed by atoms with Gasteiger partial charge in [-0.3, -0.25) is 9.69 Å². The summed E-state index contributed by atoms with van der Waals surface area (Å²) in [5, 5.41) is 2.90. The van der Waals surface area contributed by atoms with Gasteiger partial charge in [0.05, 0.1) is 0 Å². The first-order valence-corrected chi connectivity index (χ1v) is 9.91. The van der Waals surface area contributed by atoms with E-state index >= 15 is 0 Å². The van der Waals surface area contributed by atoms with Crippen LogP contribution in [-0.4, -0.2) is 36.1 Å². The molecule has 2 amide bonds. The van der Waals surface area contributed by atoms with Crippen LogP contribution in [0.1, 0.15) is 71.6 Å². The smallest absolute Gasteiger partial charge is 0.410 e. The first kappa shape index (κ1) is 23.0. The number of ether oxygens (including phenoxy) is 1. The van der Waals surface area contributed by atoms with E-state index in [2.05, 4.69) is 19.2 Å². The van der Waals surface area contributed by atoms with Crippen LogP contribution in [0.25, 0.3) is 0 Å². The van der Waals surface area contributed by atoms with E-state index in [1.165, 1.54) is 10.5 Å². The molecule has 0 bridgehead atoms. The van der Waals surface area contributed by atoms with E-state index in [4.69, 9.17) is 4.74 Å². The monoisotopic (exact) mass is 376 g/mol. The average Bonchev–Trinajstić information content (AvgIpc) is 2.59. The molecule has 2 unspecified atom stereocenters. The summed E-state index contributed by atoms with van der Waals surface area (Å²) < 4.78 is 5.45. The Kier molecular flexibility index (Phi) is 8.80. The number of nitrogens with zero attached hydrogens (tertiary/aromatic N) is 1. The topological polar surface area (TPSA) is 58.6 Å². The number of benzene rings is 1. The summed E-state index contributed by atoms with van der Waals surface area (Å²) in [6, 6.07) is 7.25. The summed E-state index contributed by atoms with van der Waals surface area (Å²) in [7, 11) is 1.61. The lowest BCUT2D eigenvalue weighted by Crippen LogP contribution is -2.43. The number of hydrogen-bond acceptors (Lipinski definition) is 3. The van der Waals surface area contributed by atoms with Gasteiger partial charge in [-0.25, -0.2) is 4.79 Å². The molecule has 1 aromatic rings. The minimum atomic E-state index is -0.718. The number of carbonyl (C=O) groups is 2. The van der Waals surface area contributed by atoms with Crippen molar-refractivity contribution >= 4 is 12.0 Å². The summed E-state index contributed by atoms with van der Waals surface area (Å²) in [6.07, 6.45) is 2.46. The van der Waals surface area contributed by atoms with E-state index < -0.39 is 17.7 Å². The number of hydrogen-bond donors (Lipinski definition) is 1. The predicted octanol–water partition coefficient (Wildman–Crippen LogP) is 4.71. The van der Waals surface area contributed by atoms with Crippen LogP contribution in [0, 0.1) is 5.92 Å². The Labute approximate surface area is 164 Å². The summed E-state index contributed by atoms with van der Waals surface area (Å²) in [4.78, 5) is 26.7. The third kappa shape index (κ3) is 7.61. The number of rotatable bonds is 8. The van der Waals surface area contributed by atoms with Crippen LogP contribution in [0.15, 0.2) is 24.3 Å². The summed E-state index contributed by atoms with van der Waals surface area (Å²) >= 11 is 0. The van der Waals surface area contributed by atoms with Gasteiger partial charge < -0.3 is 10.1 Å². The van der Waals surface area contributed by atoms with Crippen molar-refractivity contribution in [1.82, 2.24) is 10.2 Å². The van der Waals surface area contributed by atoms with E-state index in [1.54, 1.807) is 7.05 Å². The van der Waals surface area contributed by atoms with Gasteiger partial charge in [-0.2, -0.15) is 0 Å². The van der Waals surface area contributed by atoms with Crippen LogP contribution in [0.2, 0.25) is 0 Å². The second kappa shape index (κ2) is 10.3. The highest BCUT2D eigenvalue weighted by molar-refractivity contribution is 5.86. The normalized spacial score (nSPS) is 13.6. The van der Waals surface area contributed by atoms with Gasteiger partial charge in [-0.05, 0) is 50.7 Å². The van der Waals surface area contributed by atoms with E-state index in [1.807, 2.05) is 52.0 Å². The molecule has 2 atom stereocenters. The summed E-state index contributed by atoms with van der Waals surface area (Å²) in [5.41, 5.74) is 1.40. The Morgan fingerprint density at radius 3 is 2.22 bits per heavy atom. The highest BCUT2D eigenvalue weighted by atomic mass is 16.6. The van der Waals surface area contributed by atoms with E-state index in [0.29, 0.717) is 12.5 Å². The fraction of sp³-hybridized carbons (Fsp3) is 0.636. The maximum absolute atomic E-state index is 12.8. The fourth-order valence-electron chi connectivity index (χ4n) is 2.72. The lowest BCUT2D eigenvalue weighted by atomic mass is 9.96. The largest absolute Gasteiger partial charge is 0.444 e. The van der Waals surface area contributed by atoms with Gasteiger partial charge in [0, 0.05) is 13.6 Å². The van der Waals surface area contributed by atoms with Gasteiger partial charge in [0.2, 0.25) is 5.91 Å². The molecule has 5 heteroatoms. The molecule has 0 aliphatic rings. The van der Waals surface area contributed by atoms with Crippen molar-refractivity contribution in [3.05, 3.63) is 35.4 Å². The maximum Gasteiger partial charge on any atom is 0.410 e. The molecule has 1 rings (SSSR count). The van der Waals surface area contributed by atoms with Crippen molar-refractivity contribution in [3.8, 4) is 0 Å². The van der Waals surface area contributed by atoms with Crippen molar-refractivity contribution in [1.29, 1.82) is 0 Å². The van der Waals surface area contributed by atoms with Crippen LogP contribution >= 0.6 is 0 Å². The zero-order chi connectivity index (χ0) is 20.6. The SMILES string of the molecule is CCCNC(=O)C(c1ccc(CC(C)CC)cc1)N(C)C(=O)OC(C)(C)C. The first-order valence-electron chi connectivity index (χ1n) is 9.91. The number of nitrogens with one attached hydrogen (secondary N) is 1.